The molecule has 0 fully saturated rings. The first kappa shape index (κ1) is 17.4. The van der Waals surface area contributed by atoms with Gasteiger partial charge in [-0.25, -0.2) is 0 Å². The predicted octanol–water partition coefficient (Wildman–Crippen LogP) is 3.67. The van der Waals surface area contributed by atoms with E-state index >= 15 is 0 Å². The molecule has 1 rings (SSSR count). The molecule has 0 saturated carbocycles. The molecule has 0 aliphatic rings. The minimum Gasteiger partial charge on any atom is -0.331 e. The normalized spacial score (nSPS) is 10.0. The molecular formula is C16H25N3OS. The number of rotatable bonds is 7. The molecule has 0 spiro atoms. The van der Waals surface area contributed by atoms with Crippen molar-refractivity contribution >= 4 is 28.9 Å². The Hall–Kier alpha value is -1.62. The van der Waals surface area contributed by atoms with Crippen LogP contribution in [0.5, 0.6) is 0 Å². The number of hydrogen-bond acceptors (Lipinski definition) is 2. The number of anilines is 1. The Bertz CT molecular complexity index is 445. The summed E-state index contributed by atoms with van der Waals surface area (Å²) in [5.41, 5.74) is 7.42. The summed E-state index contributed by atoms with van der Waals surface area (Å²) in [6, 6.07) is 7.89. The molecule has 1 amide bonds. The SMILES string of the molecule is CCCCCCCC(=O)NNC(=S)Nc1ccc(C)cc1. The number of aryl methyl sites for hydroxylation is 1. The van der Waals surface area contributed by atoms with Gasteiger partial charge in [0.05, 0.1) is 0 Å². The molecule has 0 saturated heterocycles. The van der Waals surface area contributed by atoms with Crippen LogP contribution < -0.4 is 16.2 Å². The van der Waals surface area contributed by atoms with Crippen molar-refractivity contribution in [2.24, 2.45) is 0 Å². The number of hydrogen-bond donors (Lipinski definition) is 3. The second-order valence-electron chi connectivity index (χ2n) is 5.16. The van der Waals surface area contributed by atoms with Gasteiger partial charge in [-0.3, -0.25) is 15.6 Å². The molecule has 1 aromatic rings. The van der Waals surface area contributed by atoms with Gasteiger partial charge < -0.3 is 5.32 Å². The lowest BCUT2D eigenvalue weighted by molar-refractivity contribution is -0.121. The van der Waals surface area contributed by atoms with Gasteiger partial charge in [0.1, 0.15) is 0 Å². The second-order valence-corrected chi connectivity index (χ2v) is 5.57. The van der Waals surface area contributed by atoms with Crippen LogP contribution in [0.1, 0.15) is 51.0 Å². The Morgan fingerprint density at radius 2 is 1.71 bits per heavy atom. The molecule has 4 nitrogen and oxygen atoms in total. The van der Waals surface area contributed by atoms with E-state index in [1.807, 2.05) is 31.2 Å². The highest BCUT2D eigenvalue weighted by Crippen LogP contribution is 2.08. The van der Waals surface area contributed by atoms with E-state index in [-0.39, 0.29) is 5.91 Å². The number of thiocarbonyl (C=S) groups is 1. The number of amides is 1. The third kappa shape index (κ3) is 8.30. The molecule has 5 heteroatoms. The first-order chi connectivity index (χ1) is 10.1. The van der Waals surface area contributed by atoms with Gasteiger partial charge in [-0.1, -0.05) is 50.3 Å². The second kappa shape index (κ2) is 10.2. The van der Waals surface area contributed by atoms with Crippen molar-refractivity contribution in [3.05, 3.63) is 29.8 Å². The standard InChI is InChI=1S/C16H25N3OS/c1-3-4-5-6-7-8-15(20)18-19-16(21)17-14-11-9-13(2)10-12-14/h9-12H,3-8H2,1-2H3,(H,18,20)(H2,17,19,21). The summed E-state index contributed by atoms with van der Waals surface area (Å²) in [5, 5.41) is 3.40. The summed E-state index contributed by atoms with van der Waals surface area (Å²) in [5.74, 6) is -0.0282. The Morgan fingerprint density at radius 3 is 2.38 bits per heavy atom. The number of carbonyl (C=O) groups excluding carboxylic acids is 1. The third-order valence-corrected chi connectivity index (χ3v) is 3.34. The molecule has 116 valence electrons. The van der Waals surface area contributed by atoms with Crippen LogP contribution >= 0.6 is 12.2 Å². The van der Waals surface area contributed by atoms with Crippen LogP contribution in [0.3, 0.4) is 0 Å². The highest BCUT2D eigenvalue weighted by atomic mass is 32.1. The quantitative estimate of drug-likeness (QED) is 0.409. The number of nitrogens with one attached hydrogen (secondary N) is 3. The van der Waals surface area contributed by atoms with E-state index in [2.05, 4.69) is 23.1 Å². The van der Waals surface area contributed by atoms with Gasteiger partial charge in [0.25, 0.3) is 0 Å². The van der Waals surface area contributed by atoms with E-state index in [9.17, 15) is 4.79 Å². The maximum Gasteiger partial charge on any atom is 0.238 e. The van der Waals surface area contributed by atoms with Crippen LogP contribution in [0, 0.1) is 6.92 Å². The predicted molar refractivity (Wildman–Crippen MR) is 92.1 cm³/mol. The van der Waals surface area contributed by atoms with Crippen molar-refractivity contribution in [1.29, 1.82) is 0 Å². The molecule has 0 aliphatic heterocycles. The Labute approximate surface area is 132 Å². The number of hydrazine groups is 1. The molecule has 0 bridgehead atoms. The summed E-state index contributed by atoms with van der Waals surface area (Å²) in [4.78, 5) is 11.6. The molecule has 0 atom stereocenters. The lowest BCUT2D eigenvalue weighted by Crippen LogP contribution is -2.43. The maximum absolute atomic E-state index is 11.6. The molecule has 0 radical (unpaired) electrons. The van der Waals surface area contributed by atoms with E-state index in [4.69, 9.17) is 12.2 Å². The van der Waals surface area contributed by atoms with Crippen LogP contribution in [0.15, 0.2) is 24.3 Å². The summed E-state index contributed by atoms with van der Waals surface area (Å²) in [6.45, 7) is 4.21. The zero-order chi connectivity index (χ0) is 15.5. The van der Waals surface area contributed by atoms with E-state index in [0.717, 1.165) is 18.5 Å². The van der Waals surface area contributed by atoms with Crippen LogP contribution in [-0.4, -0.2) is 11.0 Å². The van der Waals surface area contributed by atoms with Gasteiger partial charge in [-0.2, -0.15) is 0 Å². The van der Waals surface area contributed by atoms with Crippen molar-refractivity contribution in [1.82, 2.24) is 10.9 Å². The summed E-state index contributed by atoms with van der Waals surface area (Å²) >= 11 is 5.12. The molecule has 0 aliphatic carbocycles. The first-order valence-corrected chi connectivity index (χ1v) is 7.95. The Kier molecular flexibility index (Phi) is 8.43. The molecule has 0 heterocycles. The van der Waals surface area contributed by atoms with Crippen LogP contribution in [0.4, 0.5) is 5.69 Å². The van der Waals surface area contributed by atoms with E-state index in [1.54, 1.807) is 0 Å². The zero-order valence-corrected chi connectivity index (χ0v) is 13.7. The molecule has 0 aromatic heterocycles. The van der Waals surface area contributed by atoms with E-state index in [0.29, 0.717) is 11.5 Å². The lowest BCUT2D eigenvalue weighted by atomic mass is 10.1. The van der Waals surface area contributed by atoms with Gasteiger partial charge >= 0.3 is 0 Å². The largest absolute Gasteiger partial charge is 0.331 e. The molecule has 0 unspecified atom stereocenters. The van der Waals surface area contributed by atoms with Crippen LogP contribution in [-0.2, 0) is 4.79 Å². The monoisotopic (exact) mass is 307 g/mol. The average Bonchev–Trinajstić information content (AvgIpc) is 2.47. The zero-order valence-electron chi connectivity index (χ0n) is 12.9. The Balaban J connectivity index is 2.14. The summed E-state index contributed by atoms with van der Waals surface area (Å²) < 4.78 is 0. The molecule has 1 aromatic carbocycles. The molecule has 21 heavy (non-hydrogen) atoms. The van der Waals surface area contributed by atoms with Crippen molar-refractivity contribution in [2.45, 2.75) is 52.4 Å². The number of benzene rings is 1. The van der Waals surface area contributed by atoms with Gasteiger partial charge in [0.2, 0.25) is 5.91 Å². The van der Waals surface area contributed by atoms with E-state index in [1.165, 1.54) is 24.8 Å². The molecule has 3 N–H and O–H groups in total. The fourth-order valence-corrected chi connectivity index (χ4v) is 2.05. The van der Waals surface area contributed by atoms with E-state index < -0.39 is 0 Å². The number of carbonyl (C=O) groups is 1. The Morgan fingerprint density at radius 1 is 1.05 bits per heavy atom. The fourth-order valence-electron chi connectivity index (χ4n) is 1.88. The van der Waals surface area contributed by atoms with Gasteiger partial charge in [-0.05, 0) is 37.7 Å². The minimum atomic E-state index is -0.0282. The fraction of sp³-hybridized carbons (Fsp3) is 0.500. The average molecular weight is 307 g/mol. The van der Waals surface area contributed by atoms with Crippen molar-refractivity contribution in [3.63, 3.8) is 0 Å². The third-order valence-electron chi connectivity index (χ3n) is 3.13. The van der Waals surface area contributed by atoms with Crippen molar-refractivity contribution < 1.29 is 4.79 Å². The summed E-state index contributed by atoms with van der Waals surface area (Å²) in [7, 11) is 0. The topological polar surface area (TPSA) is 53.2 Å². The van der Waals surface area contributed by atoms with Crippen molar-refractivity contribution in [2.75, 3.05) is 5.32 Å². The summed E-state index contributed by atoms with van der Waals surface area (Å²) in [6.07, 6.45) is 6.21. The van der Waals surface area contributed by atoms with Crippen LogP contribution in [0.25, 0.3) is 0 Å². The first-order valence-electron chi connectivity index (χ1n) is 7.54. The van der Waals surface area contributed by atoms with Gasteiger partial charge in [0.15, 0.2) is 5.11 Å². The van der Waals surface area contributed by atoms with Gasteiger partial charge in [0, 0.05) is 12.1 Å². The highest BCUT2D eigenvalue weighted by Gasteiger charge is 2.02. The van der Waals surface area contributed by atoms with Gasteiger partial charge in [-0.15, -0.1) is 0 Å². The van der Waals surface area contributed by atoms with Crippen LogP contribution in [0.2, 0.25) is 0 Å². The maximum atomic E-state index is 11.6. The number of unbranched alkanes of at least 4 members (excludes halogenated alkanes) is 4. The van der Waals surface area contributed by atoms with Crippen molar-refractivity contribution in [3.8, 4) is 0 Å². The smallest absolute Gasteiger partial charge is 0.238 e. The minimum absolute atomic E-state index is 0.0282. The lowest BCUT2D eigenvalue weighted by Gasteiger charge is -2.11. The highest BCUT2D eigenvalue weighted by molar-refractivity contribution is 7.80. The molecular weight excluding hydrogens is 282 g/mol.